The molecular formula is C20H24BrNO2. The van der Waals surface area contributed by atoms with E-state index in [1.807, 2.05) is 43.3 Å². The summed E-state index contributed by atoms with van der Waals surface area (Å²) < 4.78 is 6.78. The van der Waals surface area contributed by atoms with Crippen LogP contribution < -0.4 is 10.1 Å². The molecule has 0 saturated heterocycles. The zero-order valence-corrected chi connectivity index (χ0v) is 16.2. The summed E-state index contributed by atoms with van der Waals surface area (Å²) in [5.41, 5.74) is 4.18. The molecule has 4 heteroatoms. The average Bonchev–Trinajstić information content (AvgIpc) is 2.55. The average molecular weight is 390 g/mol. The van der Waals surface area contributed by atoms with Crippen LogP contribution in [0.2, 0.25) is 0 Å². The van der Waals surface area contributed by atoms with Crippen molar-refractivity contribution in [1.82, 2.24) is 0 Å². The molecule has 2 rings (SSSR count). The second kappa shape index (κ2) is 8.34. The largest absolute Gasteiger partial charge is 0.483 e. The molecular weight excluding hydrogens is 366 g/mol. The molecule has 0 saturated carbocycles. The predicted molar refractivity (Wildman–Crippen MR) is 103 cm³/mol. The van der Waals surface area contributed by atoms with Crippen LogP contribution in [0.5, 0.6) is 5.75 Å². The molecule has 0 aliphatic rings. The highest BCUT2D eigenvalue weighted by atomic mass is 79.9. The number of para-hydroxylation sites is 1. The van der Waals surface area contributed by atoms with Gasteiger partial charge in [0.25, 0.3) is 5.91 Å². The topological polar surface area (TPSA) is 38.3 Å². The summed E-state index contributed by atoms with van der Waals surface area (Å²) in [7, 11) is 0. The van der Waals surface area contributed by atoms with Crippen molar-refractivity contribution in [3.8, 4) is 5.75 Å². The molecule has 3 nitrogen and oxygen atoms in total. The van der Waals surface area contributed by atoms with Crippen LogP contribution in [0.3, 0.4) is 0 Å². The minimum Gasteiger partial charge on any atom is -0.483 e. The number of ether oxygens (including phenoxy) is 1. The summed E-state index contributed by atoms with van der Waals surface area (Å²) in [5, 5.41) is 2.99. The summed E-state index contributed by atoms with van der Waals surface area (Å²) in [6, 6.07) is 11.9. The normalized spacial score (nSPS) is 10.8. The SMILES string of the molecule is CCc1cccc(C)c1NC(=O)COc1ccc(Br)cc1C(C)C. The number of amides is 1. The number of rotatable bonds is 6. The van der Waals surface area contributed by atoms with Crippen LogP contribution in [0.1, 0.15) is 43.4 Å². The molecule has 0 aliphatic heterocycles. The van der Waals surface area contributed by atoms with Gasteiger partial charge in [-0.05, 0) is 54.2 Å². The van der Waals surface area contributed by atoms with Gasteiger partial charge in [-0.15, -0.1) is 0 Å². The number of carbonyl (C=O) groups is 1. The Kier molecular flexibility index (Phi) is 6.44. The van der Waals surface area contributed by atoms with Crippen LogP contribution in [-0.4, -0.2) is 12.5 Å². The third-order valence-corrected chi connectivity index (χ3v) is 4.45. The molecule has 0 radical (unpaired) electrons. The van der Waals surface area contributed by atoms with Gasteiger partial charge in [0.2, 0.25) is 0 Å². The fourth-order valence-electron chi connectivity index (χ4n) is 2.62. The van der Waals surface area contributed by atoms with Gasteiger partial charge < -0.3 is 10.1 Å². The van der Waals surface area contributed by atoms with Crippen molar-refractivity contribution in [1.29, 1.82) is 0 Å². The number of nitrogens with one attached hydrogen (secondary N) is 1. The number of benzene rings is 2. The van der Waals surface area contributed by atoms with Crippen LogP contribution >= 0.6 is 15.9 Å². The van der Waals surface area contributed by atoms with Gasteiger partial charge in [-0.1, -0.05) is 54.9 Å². The maximum Gasteiger partial charge on any atom is 0.262 e. The van der Waals surface area contributed by atoms with Crippen molar-refractivity contribution in [2.45, 2.75) is 40.0 Å². The number of anilines is 1. The molecule has 1 N–H and O–H groups in total. The van der Waals surface area contributed by atoms with Crippen molar-refractivity contribution >= 4 is 27.5 Å². The third kappa shape index (κ3) is 4.60. The first-order valence-electron chi connectivity index (χ1n) is 8.23. The van der Waals surface area contributed by atoms with E-state index in [0.29, 0.717) is 5.92 Å². The van der Waals surface area contributed by atoms with Gasteiger partial charge in [0.15, 0.2) is 6.61 Å². The summed E-state index contributed by atoms with van der Waals surface area (Å²) >= 11 is 3.48. The zero-order chi connectivity index (χ0) is 17.7. The monoisotopic (exact) mass is 389 g/mol. The van der Waals surface area contributed by atoms with Crippen molar-refractivity contribution in [3.63, 3.8) is 0 Å². The summed E-state index contributed by atoms with van der Waals surface area (Å²) in [4.78, 5) is 12.3. The molecule has 0 aromatic heterocycles. The van der Waals surface area contributed by atoms with E-state index in [0.717, 1.165) is 39.0 Å². The summed E-state index contributed by atoms with van der Waals surface area (Å²) in [6.07, 6.45) is 0.877. The first-order chi connectivity index (χ1) is 11.4. The van der Waals surface area contributed by atoms with E-state index >= 15 is 0 Å². The molecule has 0 fully saturated rings. The molecule has 1 amide bonds. The zero-order valence-electron chi connectivity index (χ0n) is 14.7. The van der Waals surface area contributed by atoms with Crippen LogP contribution in [0.25, 0.3) is 0 Å². The molecule has 0 bridgehead atoms. The quantitative estimate of drug-likeness (QED) is 0.711. The summed E-state index contributed by atoms with van der Waals surface area (Å²) in [6.45, 7) is 8.29. The number of carbonyl (C=O) groups excluding carboxylic acids is 1. The lowest BCUT2D eigenvalue weighted by Gasteiger charge is -2.16. The van der Waals surface area contributed by atoms with E-state index in [-0.39, 0.29) is 12.5 Å². The first kappa shape index (κ1) is 18.5. The fraction of sp³-hybridized carbons (Fsp3) is 0.350. The Morgan fingerprint density at radius 2 is 2.00 bits per heavy atom. The van der Waals surface area contributed by atoms with Gasteiger partial charge in [0.1, 0.15) is 5.75 Å². The van der Waals surface area contributed by atoms with Crippen molar-refractivity contribution in [2.24, 2.45) is 0 Å². The van der Waals surface area contributed by atoms with E-state index in [1.165, 1.54) is 0 Å². The maximum absolute atomic E-state index is 12.3. The van der Waals surface area contributed by atoms with Crippen LogP contribution in [0.15, 0.2) is 40.9 Å². The van der Waals surface area contributed by atoms with E-state index in [2.05, 4.69) is 42.0 Å². The van der Waals surface area contributed by atoms with E-state index in [4.69, 9.17) is 4.74 Å². The highest BCUT2D eigenvalue weighted by Gasteiger charge is 2.12. The van der Waals surface area contributed by atoms with Crippen LogP contribution in [-0.2, 0) is 11.2 Å². The van der Waals surface area contributed by atoms with Gasteiger partial charge in [0, 0.05) is 10.2 Å². The van der Waals surface area contributed by atoms with Crippen molar-refractivity contribution in [2.75, 3.05) is 11.9 Å². The van der Waals surface area contributed by atoms with Gasteiger partial charge in [-0.3, -0.25) is 4.79 Å². The van der Waals surface area contributed by atoms with E-state index < -0.39 is 0 Å². The Morgan fingerprint density at radius 3 is 2.67 bits per heavy atom. The van der Waals surface area contributed by atoms with Gasteiger partial charge in [-0.25, -0.2) is 0 Å². The Morgan fingerprint density at radius 1 is 1.25 bits per heavy atom. The molecule has 2 aromatic carbocycles. The Hall–Kier alpha value is -1.81. The Balaban J connectivity index is 2.07. The van der Waals surface area contributed by atoms with Crippen LogP contribution in [0.4, 0.5) is 5.69 Å². The Labute approximate surface area is 152 Å². The van der Waals surface area contributed by atoms with Gasteiger partial charge >= 0.3 is 0 Å². The molecule has 24 heavy (non-hydrogen) atoms. The molecule has 0 heterocycles. The molecule has 0 aliphatic carbocycles. The molecule has 0 spiro atoms. The highest BCUT2D eigenvalue weighted by Crippen LogP contribution is 2.29. The third-order valence-electron chi connectivity index (χ3n) is 3.96. The maximum atomic E-state index is 12.3. The van der Waals surface area contributed by atoms with Gasteiger partial charge in [0.05, 0.1) is 0 Å². The standard InChI is InChI=1S/C20H24BrNO2/c1-5-15-8-6-7-14(4)20(15)22-19(23)12-24-18-10-9-16(21)11-17(18)13(2)3/h6-11,13H,5,12H2,1-4H3,(H,22,23). The number of hydrogen-bond acceptors (Lipinski definition) is 2. The fourth-order valence-corrected chi connectivity index (χ4v) is 3.00. The summed E-state index contributed by atoms with van der Waals surface area (Å²) in [5.74, 6) is 0.934. The lowest BCUT2D eigenvalue weighted by molar-refractivity contribution is -0.118. The van der Waals surface area contributed by atoms with Crippen molar-refractivity contribution in [3.05, 3.63) is 57.6 Å². The smallest absolute Gasteiger partial charge is 0.262 e. The second-order valence-electron chi connectivity index (χ2n) is 6.14. The predicted octanol–water partition coefficient (Wildman–Crippen LogP) is 5.46. The minimum atomic E-state index is -0.142. The number of hydrogen-bond donors (Lipinski definition) is 1. The lowest BCUT2D eigenvalue weighted by Crippen LogP contribution is -2.22. The second-order valence-corrected chi connectivity index (χ2v) is 7.05. The first-order valence-corrected chi connectivity index (χ1v) is 9.02. The molecule has 0 unspecified atom stereocenters. The van der Waals surface area contributed by atoms with Crippen LogP contribution in [0, 0.1) is 6.92 Å². The van der Waals surface area contributed by atoms with E-state index in [1.54, 1.807) is 0 Å². The highest BCUT2D eigenvalue weighted by molar-refractivity contribution is 9.10. The lowest BCUT2D eigenvalue weighted by atomic mass is 10.0. The number of halogens is 1. The molecule has 0 atom stereocenters. The minimum absolute atomic E-state index is 0.00115. The Bertz CT molecular complexity index is 726. The molecule has 2 aromatic rings. The van der Waals surface area contributed by atoms with Gasteiger partial charge in [-0.2, -0.15) is 0 Å². The molecule has 128 valence electrons. The van der Waals surface area contributed by atoms with Crippen molar-refractivity contribution < 1.29 is 9.53 Å². The van der Waals surface area contributed by atoms with E-state index in [9.17, 15) is 4.79 Å². The number of aryl methyl sites for hydroxylation is 2.